The van der Waals surface area contributed by atoms with Crippen LogP contribution in [0.15, 0.2) is 72.8 Å². The highest BCUT2D eigenvalue weighted by Gasteiger charge is 2.06. The summed E-state index contributed by atoms with van der Waals surface area (Å²) in [5.74, 6) is 0. The molecule has 0 heterocycles. The van der Waals surface area contributed by atoms with Gasteiger partial charge in [-0.15, -0.1) is 0 Å². The van der Waals surface area contributed by atoms with Crippen molar-refractivity contribution in [1.82, 2.24) is 0 Å². The van der Waals surface area contributed by atoms with Crippen molar-refractivity contribution in [3.05, 3.63) is 94.0 Å². The Hall–Kier alpha value is -4.13. The standard InChI is InChI=1S/C23H22N4O3/c1-26(2)21-13-7-18(8-14-21)4-3-17-5-9-19(10-6-17)24-23(28)25-20-11-15-22(16-12-20)27(29)30/h3-16H,1-2H3,(H2,24,25,28)/b4-3+. The van der Waals surface area contributed by atoms with Gasteiger partial charge < -0.3 is 15.5 Å². The zero-order valence-electron chi connectivity index (χ0n) is 16.7. The Balaban J connectivity index is 1.55. The zero-order chi connectivity index (χ0) is 21.5. The molecule has 2 amide bonds. The maximum atomic E-state index is 12.1. The van der Waals surface area contributed by atoms with Crippen LogP contribution in [0.5, 0.6) is 0 Å². The van der Waals surface area contributed by atoms with Gasteiger partial charge in [0, 0.05) is 43.3 Å². The molecule has 2 N–H and O–H groups in total. The van der Waals surface area contributed by atoms with Crippen molar-refractivity contribution < 1.29 is 9.72 Å². The average Bonchev–Trinajstić information content (AvgIpc) is 2.74. The summed E-state index contributed by atoms with van der Waals surface area (Å²) in [6, 6.07) is 20.9. The summed E-state index contributed by atoms with van der Waals surface area (Å²) in [6.45, 7) is 0. The van der Waals surface area contributed by atoms with Crippen LogP contribution in [0.4, 0.5) is 27.5 Å². The highest BCUT2D eigenvalue weighted by atomic mass is 16.6. The van der Waals surface area contributed by atoms with E-state index in [1.807, 2.05) is 50.5 Å². The second kappa shape index (κ2) is 9.38. The van der Waals surface area contributed by atoms with Gasteiger partial charge >= 0.3 is 6.03 Å². The summed E-state index contributed by atoms with van der Waals surface area (Å²) in [5.41, 5.74) is 4.34. The van der Waals surface area contributed by atoms with E-state index >= 15 is 0 Å². The predicted octanol–water partition coefficient (Wildman–Crippen LogP) is 5.48. The molecule has 30 heavy (non-hydrogen) atoms. The minimum Gasteiger partial charge on any atom is -0.378 e. The van der Waals surface area contributed by atoms with Crippen LogP contribution in [-0.4, -0.2) is 25.0 Å². The third-order valence-electron chi connectivity index (χ3n) is 4.38. The van der Waals surface area contributed by atoms with E-state index in [-0.39, 0.29) is 5.69 Å². The smallest absolute Gasteiger partial charge is 0.323 e. The van der Waals surface area contributed by atoms with E-state index in [1.165, 1.54) is 24.3 Å². The molecule has 0 saturated heterocycles. The lowest BCUT2D eigenvalue weighted by molar-refractivity contribution is -0.384. The lowest BCUT2D eigenvalue weighted by atomic mass is 10.1. The van der Waals surface area contributed by atoms with Crippen LogP contribution >= 0.6 is 0 Å². The van der Waals surface area contributed by atoms with Crippen molar-refractivity contribution in [2.45, 2.75) is 0 Å². The summed E-state index contributed by atoms with van der Waals surface area (Å²) < 4.78 is 0. The summed E-state index contributed by atoms with van der Waals surface area (Å²) in [6.07, 6.45) is 4.04. The number of carbonyl (C=O) groups excluding carboxylic acids is 1. The van der Waals surface area contributed by atoms with Gasteiger partial charge in [-0.25, -0.2) is 4.79 Å². The number of nitrogens with one attached hydrogen (secondary N) is 2. The number of amides is 2. The number of nitro benzene ring substituents is 1. The van der Waals surface area contributed by atoms with Gasteiger partial charge in [0.25, 0.3) is 5.69 Å². The van der Waals surface area contributed by atoms with Crippen LogP contribution in [0.3, 0.4) is 0 Å². The summed E-state index contributed by atoms with van der Waals surface area (Å²) in [7, 11) is 4.01. The molecular weight excluding hydrogens is 380 g/mol. The number of hydrogen-bond donors (Lipinski definition) is 2. The highest BCUT2D eigenvalue weighted by Crippen LogP contribution is 2.18. The maximum Gasteiger partial charge on any atom is 0.323 e. The van der Waals surface area contributed by atoms with Crippen LogP contribution in [0.1, 0.15) is 11.1 Å². The first kappa shape index (κ1) is 20.6. The van der Waals surface area contributed by atoms with Crippen LogP contribution in [0.25, 0.3) is 12.2 Å². The van der Waals surface area contributed by atoms with E-state index in [0.29, 0.717) is 11.4 Å². The molecule has 0 unspecified atom stereocenters. The Kier molecular flexibility index (Phi) is 6.44. The Morgan fingerprint density at radius 2 is 1.23 bits per heavy atom. The van der Waals surface area contributed by atoms with Crippen molar-refractivity contribution in [2.75, 3.05) is 29.6 Å². The molecule has 3 aromatic carbocycles. The first-order valence-corrected chi connectivity index (χ1v) is 9.29. The van der Waals surface area contributed by atoms with Gasteiger partial charge in [0.05, 0.1) is 4.92 Å². The van der Waals surface area contributed by atoms with Crippen molar-refractivity contribution in [2.24, 2.45) is 0 Å². The second-order valence-electron chi connectivity index (χ2n) is 6.82. The van der Waals surface area contributed by atoms with Gasteiger partial charge in [0.1, 0.15) is 0 Å². The number of urea groups is 1. The van der Waals surface area contributed by atoms with E-state index in [9.17, 15) is 14.9 Å². The molecule has 0 atom stereocenters. The number of nitro groups is 1. The van der Waals surface area contributed by atoms with Crippen molar-refractivity contribution in [1.29, 1.82) is 0 Å². The van der Waals surface area contributed by atoms with E-state index in [1.54, 1.807) is 0 Å². The van der Waals surface area contributed by atoms with Crippen molar-refractivity contribution in [3.8, 4) is 0 Å². The Labute approximate surface area is 174 Å². The normalized spacial score (nSPS) is 10.6. The molecule has 152 valence electrons. The fourth-order valence-corrected chi connectivity index (χ4v) is 2.71. The lowest BCUT2D eigenvalue weighted by Crippen LogP contribution is -2.19. The first-order valence-electron chi connectivity index (χ1n) is 9.29. The summed E-state index contributed by atoms with van der Waals surface area (Å²) >= 11 is 0. The fourth-order valence-electron chi connectivity index (χ4n) is 2.71. The summed E-state index contributed by atoms with van der Waals surface area (Å²) in [5, 5.41) is 16.0. The van der Waals surface area contributed by atoms with Crippen LogP contribution in [0.2, 0.25) is 0 Å². The molecule has 0 radical (unpaired) electrons. The van der Waals surface area contributed by atoms with Crippen LogP contribution in [-0.2, 0) is 0 Å². The zero-order valence-corrected chi connectivity index (χ0v) is 16.7. The van der Waals surface area contributed by atoms with Gasteiger partial charge in [0.15, 0.2) is 0 Å². The lowest BCUT2D eigenvalue weighted by Gasteiger charge is -2.11. The molecule has 0 aliphatic carbocycles. The number of benzene rings is 3. The molecule has 0 aromatic heterocycles. The number of anilines is 3. The average molecular weight is 402 g/mol. The molecule has 0 spiro atoms. The monoisotopic (exact) mass is 402 g/mol. The van der Waals surface area contributed by atoms with Crippen molar-refractivity contribution in [3.63, 3.8) is 0 Å². The van der Waals surface area contributed by atoms with E-state index in [0.717, 1.165) is 16.8 Å². The number of hydrogen-bond acceptors (Lipinski definition) is 4. The van der Waals surface area contributed by atoms with Gasteiger partial charge in [-0.1, -0.05) is 36.4 Å². The summed E-state index contributed by atoms with van der Waals surface area (Å²) in [4.78, 5) is 24.3. The van der Waals surface area contributed by atoms with Gasteiger partial charge in [0.2, 0.25) is 0 Å². The number of carbonyl (C=O) groups is 1. The highest BCUT2D eigenvalue weighted by molar-refractivity contribution is 5.99. The van der Waals surface area contributed by atoms with Crippen LogP contribution in [0, 0.1) is 10.1 Å². The number of non-ortho nitro benzene ring substituents is 1. The van der Waals surface area contributed by atoms with Gasteiger partial charge in [-0.2, -0.15) is 0 Å². The minimum atomic E-state index is -0.487. The third kappa shape index (κ3) is 5.68. The fraction of sp³-hybridized carbons (Fsp3) is 0.0870. The van der Waals surface area contributed by atoms with Crippen LogP contribution < -0.4 is 15.5 Å². The molecule has 0 saturated carbocycles. The molecule has 7 heteroatoms. The molecule has 7 nitrogen and oxygen atoms in total. The molecular formula is C23H22N4O3. The molecule has 0 bridgehead atoms. The first-order chi connectivity index (χ1) is 14.4. The molecule has 3 aromatic rings. The molecule has 3 rings (SSSR count). The Morgan fingerprint density at radius 1 is 0.800 bits per heavy atom. The molecule has 0 fully saturated rings. The SMILES string of the molecule is CN(C)c1ccc(/C=C/c2ccc(NC(=O)Nc3ccc([N+](=O)[O-])cc3)cc2)cc1. The van der Waals surface area contributed by atoms with Crippen molar-refractivity contribution >= 4 is 40.9 Å². The topological polar surface area (TPSA) is 87.5 Å². The Bertz CT molecular complexity index is 1040. The second-order valence-corrected chi connectivity index (χ2v) is 6.82. The van der Waals surface area contributed by atoms with Gasteiger partial charge in [-0.05, 0) is 47.5 Å². The van der Waals surface area contributed by atoms with E-state index in [2.05, 4.69) is 39.8 Å². The van der Waals surface area contributed by atoms with Gasteiger partial charge in [-0.3, -0.25) is 10.1 Å². The number of nitrogens with zero attached hydrogens (tertiary/aromatic N) is 2. The third-order valence-corrected chi connectivity index (χ3v) is 4.38. The largest absolute Gasteiger partial charge is 0.378 e. The number of rotatable bonds is 6. The molecule has 0 aliphatic rings. The predicted molar refractivity (Wildman–Crippen MR) is 122 cm³/mol. The minimum absolute atomic E-state index is 0.0294. The quantitative estimate of drug-likeness (QED) is 0.325. The van der Waals surface area contributed by atoms with E-state index < -0.39 is 11.0 Å². The Morgan fingerprint density at radius 3 is 1.67 bits per heavy atom. The van der Waals surface area contributed by atoms with E-state index in [4.69, 9.17) is 0 Å². The maximum absolute atomic E-state index is 12.1. The molecule has 0 aliphatic heterocycles.